The molecule has 0 spiro atoms. The molecule has 0 aliphatic rings. The minimum absolute atomic E-state index is 0.123. The third-order valence-electron chi connectivity index (χ3n) is 3.03. The smallest absolute Gasteiger partial charge is 0.287 e. The highest BCUT2D eigenvalue weighted by Crippen LogP contribution is 2.22. The van der Waals surface area contributed by atoms with Gasteiger partial charge in [0.15, 0.2) is 5.76 Å². The monoisotopic (exact) mass is 245 g/mol. The van der Waals surface area contributed by atoms with Crippen LogP contribution in [0, 0.1) is 6.92 Å². The maximum atomic E-state index is 11.9. The average Bonchev–Trinajstić information content (AvgIpc) is 2.80. The van der Waals surface area contributed by atoms with Crippen molar-refractivity contribution >= 4 is 16.9 Å². The molecule has 1 heterocycles. The van der Waals surface area contributed by atoms with E-state index in [9.17, 15) is 4.79 Å². The van der Waals surface area contributed by atoms with Gasteiger partial charge >= 0.3 is 0 Å². The molecule has 0 saturated carbocycles. The van der Waals surface area contributed by atoms with Gasteiger partial charge in [0, 0.05) is 11.9 Å². The number of carbonyl (C=O) groups excluding carboxylic acids is 1. The molecule has 0 saturated heterocycles. The van der Waals surface area contributed by atoms with Crippen LogP contribution < -0.4 is 5.32 Å². The first-order valence-electron chi connectivity index (χ1n) is 6.49. The molecule has 1 aromatic carbocycles. The molecular weight excluding hydrogens is 226 g/mol. The van der Waals surface area contributed by atoms with Crippen LogP contribution in [-0.2, 0) is 0 Å². The lowest BCUT2D eigenvalue weighted by Crippen LogP contribution is -2.23. The van der Waals surface area contributed by atoms with E-state index < -0.39 is 0 Å². The van der Waals surface area contributed by atoms with Gasteiger partial charge in [-0.05, 0) is 25.0 Å². The molecule has 18 heavy (non-hydrogen) atoms. The number of benzene rings is 1. The van der Waals surface area contributed by atoms with Crippen LogP contribution in [0.5, 0.6) is 0 Å². The number of furan rings is 1. The number of hydrogen-bond acceptors (Lipinski definition) is 2. The summed E-state index contributed by atoms with van der Waals surface area (Å²) in [6.45, 7) is 4.83. The number of para-hydroxylation sites is 1. The predicted octanol–water partition coefficient (Wildman–Crippen LogP) is 3.66. The van der Waals surface area contributed by atoms with E-state index in [1.165, 1.54) is 0 Å². The minimum Gasteiger partial charge on any atom is -0.451 e. The molecule has 0 aliphatic heterocycles. The Kier molecular flexibility index (Phi) is 4.03. The van der Waals surface area contributed by atoms with Crippen molar-refractivity contribution in [2.75, 3.05) is 6.54 Å². The summed E-state index contributed by atoms with van der Waals surface area (Å²) in [6.07, 6.45) is 3.31. The number of amides is 1. The molecule has 1 amide bonds. The normalized spacial score (nSPS) is 10.8. The molecule has 0 fully saturated rings. The van der Waals surface area contributed by atoms with Crippen LogP contribution in [-0.4, -0.2) is 12.5 Å². The highest BCUT2D eigenvalue weighted by molar-refractivity contribution is 5.96. The van der Waals surface area contributed by atoms with E-state index in [4.69, 9.17) is 4.42 Å². The first-order chi connectivity index (χ1) is 8.72. The van der Waals surface area contributed by atoms with E-state index in [2.05, 4.69) is 12.2 Å². The predicted molar refractivity (Wildman–Crippen MR) is 72.8 cm³/mol. The lowest BCUT2D eigenvalue weighted by Gasteiger charge is -2.01. The van der Waals surface area contributed by atoms with E-state index in [0.717, 1.165) is 35.8 Å². The van der Waals surface area contributed by atoms with Crippen molar-refractivity contribution in [2.24, 2.45) is 0 Å². The molecule has 3 nitrogen and oxygen atoms in total. The van der Waals surface area contributed by atoms with Crippen LogP contribution in [0.4, 0.5) is 0 Å². The average molecular weight is 245 g/mol. The van der Waals surface area contributed by atoms with Gasteiger partial charge in [0.1, 0.15) is 5.58 Å². The number of hydrogen-bond donors (Lipinski definition) is 1. The maximum Gasteiger partial charge on any atom is 0.287 e. The molecule has 96 valence electrons. The molecule has 2 aromatic rings. The second-order valence-corrected chi connectivity index (χ2v) is 4.57. The van der Waals surface area contributed by atoms with Gasteiger partial charge in [0.05, 0.1) is 0 Å². The van der Waals surface area contributed by atoms with E-state index in [0.29, 0.717) is 12.3 Å². The van der Waals surface area contributed by atoms with Crippen LogP contribution in [0.15, 0.2) is 28.7 Å². The summed E-state index contributed by atoms with van der Waals surface area (Å²) < 4.78 is 5.61. The second kappa shape index (κ2) is 5.71. The van der Waals surface area contributed by atoms with E-state index in [1.54, 1.807) is 6.07 Å². The summed E-state index contributed by atoms with van der Waals surface area (Å²) in [5, 5.41) is 3.86. The fraction of sp³-hybridized carbons (Fsp3) is 0.400. The summed E-state index contributed by atoms with van der Waals surface area (Å²) in [5.74, 6) is 0.275. The van der Waals surface area contributed by atoms with Crippen LogP contribution in [0.2, 0.25) is 0 Å². The molecule has 1 N–H and O–H groups in total. The molecule has 3 heteroatoms. The number of carbonyl (C=O) groups is 1. The van der Waals surface area contributed by atoms with Crippen molar-refractivity contribution in [1.29, 1.82) is 0 Å². The van der Waals surface area contributed by atoms with Crippen molar-refractivity contribution in [2.45, 2.75) is 33.1 Å². The first-order valence-corrected chi connectivity index (χ1v) is 6.49. The maximum absolute atomic E-state index is 11.9. The number of unbranched alkanes of at least 4 members (excludes halogenated alkanes) is 2. The zero-order valence-electron chi connectivity index (χ0n) is 11.0. The molecule has 0 atom stereocenters. The number of fused-ring (bicyclic) bond motifs is 1. The van der Waals surface area contributed by atoms with Crippen LogP contribution in [0.1, 0.15) is 42.3 Å². The van der Waals surface area contributed by atoms with E-state index >= 15 is 0 Å². The molecular formula is C15H19NO2. The van der Waals surface area contributed by atoms with Crippen LogP contribution in [0.3, 0.4) is 0 Å². The Morgan fingerprint density at radius 3 is 2.89 bits per heavy atom. The quantitative estimate of drug-likeness (QED) is 0.817. The minimum atomic E-state index is -0.123. The molecule has 0 aliphatic carbocycles. The molecule has 0 radical (unpaired) electrons. The number of aryl methyl sites for hydroxylation is 1. The fourth-order valence-corrected chi connectivity index (χ4v) is 1.98. The Hall–Kier alpha value is -1.77. The van der Waals surface area contributed by atoms with Gasteiger partial charge in [0.2, 0.25) is 0 Å². The highest BCUT2D eigenvalue weighted by Gasteiger charge is 2.12. The van der Waals surface area contributed by atoms with Gasteiger partial charge in [0.25, 0.3) is 5.91 Å². The van der Waals surface area contributed by atoms with Crippen molar-refractivity contribution in [3.8, 4) is 0 Å². The Labute approximate surface area is 107 Å². The van der Waals surface area contributed by atoms with Gasteiger partial charge in [-0.2, -0.15) is 0 Å². The molecule has 0 bridgehead atoms. The third-order valence-corrected chi connectivity index (χ3v) is 3.03. The zero-order chi connectivity index (χ0) is 13.0. The van der Waals surface area contributed by atoms with Crippen molar-refractivity contribution in [3.63, 3.8) is 0 Å². The molecule has 2 rings (SSSR count). The lowest BCUT2D eigenvalue weighted by atomic mass is 10.2. The van der Waals surface area contributed by atoms with Gasteiger partial charge in [-0.25, -0.2) is 0 Å². The zero-order valence-corrected chi connectivity index (χ0v) is 11.0. The second-order valence-electron chi connectivity index (χ2n) is 4.57. The number of rotatable bonds is 5. The van der Waals surface area contributed by atoms with Gasteiger partial charge < -0.3 is 9.73 Å². The Balaban J connectivity index is 2.06. The van der Waals surface area contributed by atoms with Crippen molar-refractivity contribution in [1.82, 2.24) is 5.32 Å². The molecule has 0 unspecified atom stereocenters. The largest absolute Gasteiger partial charge is 0.451 e. The summed E-state index contributed by atoms with van der Waals surface area (Å²) in [4.78, 5) is 11.9. The van der Waals surface area contributed by atoms with Gasteiger partial charge in [-0.15, -0.1) is 0 Å². The Morgan fingerprint density at radius 2 is 2.17 bits per heavy atom. The third kappa shape index (κ3) is 2.73. The summed E-state index contributed by atoms with van der Waals surface area (Å²) in [5.41, 5.74) is 1.86. The van der Waals surface area contributed by atoms with Crippen molar-refractivity contribution in [3.05, 3.63) is 35.6 Å². The lowest BCUT2D eigenvalue weighted by molar-refractivity contribution is 0.0927. The molecule has 1 aromatic heterocycles. The first kappa shape index (κ1) is 12.7. The van der Waals surface area contributed by atoms with Gasteiger partial charge in [-0.3, -0.25) is 4.79 Å². The summed E-state index contributed by atoms with van der Waals surface area (Å²) in [7, 11) is 0. The summed E-state index contributed by atoms with van der Waals surface area (Å²) in [6, 6.07) is 7.71. The van der Waals surface area contributed by atoms with Gasteiger partial charge in [-0.1, -0.05) is 38.0 Å². The standard InChI is InChI=1S/C15H19NO2/c1-3-4-5-9-16-15(17)13-10-12-8-6-7-11(2)14(12)18-13/h6-8,10H,3-5,9H2,1-2H3,(H,16,17). The summed E-state index contributed by atoms with van der Waals surface area (Å²) >= 11 is 0. The van der Waals surface area contributed by atoms with E-state index in [1.807, 2.05) is 25.1 Å². The van der Waals surface area contributed by atoms with E-state index in [-0.39, 0.29) is 5.91 Å². The SMILES string of the molecule is CCCCCNC(=O)c1cc2cccc(C)c2o1. The Morgan fingerprint density at radius 1 is 1.33 bits per heavy atom. The Bertz CT molecular complexity index is 542. The highest BCUT2D eigenvalue weighted by atomic mass is 16.3. The number of nitrogens with one attached hydrogen (secondary N) is 1. The fourth-order valence-electron chi connectivity index (χ4n) is 1.98. The van der Waals surface area contributed by atoms with Crippen LogP contribution >= 0.6 is 0 Å². The topological polar surface area (TPSA) is 42.2 Å². The van der Waals surface area contributed by atoms with Crippen LogP contribution in [0.25, 0.3) is 11.0 Å². The van der Waals surface area contributed by atoms with Crippen molar-refractivity contribution < 1.29 is 9.21 Å².